The molecule has 1 aromatic heterocycles. The summed E-state index contributed by atoms with van der Waals surface area (Å²) in [6.45, 7) is -0.0626. The van der Waals surface area contributed by atoms with E-state index in [9.17, 15) is 54.0 Å². The largest absolute Gasteiger partial charge is 0.756 e. The number of phosphoric ester groups is 2. The molecule has 0 saturated carbocycles. The average molecular weight is 682 g/mol. The first-order valence-corrected chi connectivity index (χ1v) is 16.6. The molecule has 0 aliphatic carbocycles. The minimum Gasteiger partial charge on any atom is -0.756 e. The summed E-state index contributed by atoms with van der Waals surface area (Å²) in [6, 6.07) is 0.924. The lowest BCUT2D eigenvalue weighted by atomic mass is 10.0. The molecule has 11 atom stereocenters. The van der Waals surface area contributed by atoms with E-state index in [1.807, 2.05) is 4.98 Å². The third-order valence-corrected chi connectivity index (χ3v) is 9.60. The highest BCUT2D eigenvalue weighted by atomic mass is 32.2. The Morgan fingerprint density at radius 3 is 2.33 bits per heavy atom. The van der Waals surface area contributed by atoms with Gasteiger partial charge in [0.1, 0.15) is 36.6 Å². The van der Waals surface area contributed by atoms with Crippen LogP contribution in [0.1, 0.15) is 6.23 Å². The monoisotopic (exact) mass is 682 g/mol. The van der Waals surface area contributed by atoms with Crippen molar-refractivity contribution in [3.05, 3.63) is 33.1 Å². The van der Waals surface area contributed by atoms with Crippen molar-refractivity contribution in [1.29, 1.82) is 0 Å². The number of aliphatic hydroxyl groups is 5. The number of hydrogen-bond acceptors (Lipinski definition) is 19. The number of aromatic amines is 1. The van der Waals surface area contributed by atoms with Gasteiger partial charge in [-0.2, -0.15) is 11.8 Å². The van der Waals surface area contributed by atoms with Crippen molar-refractivity contribution in [2.75, 3.05) is 45.0 Å². The number of rotatable bonds is 16. The molecular formula is C20H32N2O18P2S-2. The van der Waals surface area contributed by atoms with Crippen LogP contribution in [0.4, 0.5) is 0 Å². The molecule has 0 aromatic carbocycles. The minimum absolute atomic E-state index is 0.00658. The van der Waals surface area contributed by atoms with Crippen molar-refractivity contribution in [3.63, 3.8) is 0 Å². The van der Waals surface area contributed by atoms with E-state index in [2.05, 4.69) is 13.4 Å². The van der Waals surface area contributed by atoms with E-state index in [1.165, 1.54) is 18.9 Å². The summed E-state index contributed by atoms with van der Waals surface area (Å²) in [5.41, 5.74) is -1.77. The third kappa shape index (κ3) is 10.2. The Labute approximate surface area is 247 Å². The Morgan fingerprint density at radius 2 is 1.65 bits per heavy atom. The summed E-state index contributed by atoms with van der Waals surface area (Å²) in [7, 11) is -10.2. The first kappa shape index (κ1) is 36.4. The molecule has 0 spiro atoms. The average Bonchev–Trinajstić information content (AvgIpc) is 3.20. The summed E-state index contributed by atoms with van der Waals surface area (Å²) in [4.78, 5) is 49.7. The predicted molar refractivity (Wildman–Crippen MR) is 137 cm³/mol. The van der Waals surface area contributed by atoms with E-state index >= 15 is 0 Å². The summed E-state index contributed by atoms with van der Waals surface area (Å²) in [6.07, 6.45) is -15.0. The molecule has 1 aromatic rings. The fourth-order valence-corrected chi connectivity index (χ4v) is 6.88. The quantitative estimate of drug-likeness (QED) is 0.0705. The molecule has 248 valence electrons. The Bertz CT molecular complexity index is 1250. The van der Waals surface area contributed by atoms with Gasteiger partial charge in [-0.1, -0.05) is 0 Å². The second-order valence-corrected chi connectivity index (χ2v) is 13.2. The van der Waals surface area contributed by atoms with Crippen LogP contribution in [-0.4, -0.2) is 129 Å². The third-order valence-electron chi connectivity index (χ3n) is 6.05. The van der Waals surface area contributed by atoms with Crippen molar-refractivity contribution in [2.24, 2.45) is 0 Å². The van der Waals surface area contributed by atoms with Crippen molar-refractivity contribution < 1.29 is 76.8 Å². The number of aliphatic hydroxyl groups excluding tert-OH is 5. The van der Waals surface area contributed by atoms with Crippen LogP contribution in [0.5, 0.6) is 0 Å². The Balaban J connectivity index is 1.54. The highest BCUT2D eigenvalue weighted by Crippen LogP contribution is 2.57. The van der Waals surface area contributed by atoms with Gasteiger partial charge < -0.3 is 58.8 Å². The Hall–Kier alpha value is -1.07. The van der Waals surface area contributed by atoms with Gasteiger partial charge >= 0.3 is 5.69 Å². The normalized spacial score (nSPS) is 34.1. The van der Waals surface area contributed by atoms with Crippen LogP contribution in [0.2, 0.25) is 0 Å². The molecule has 20 nitrogen and oxygen atoms in total. The maximum Gasteiger partial charge on any atom is 0.330 e. The molecule has 2 aliphatic rings. The fourth-order valence-electron chi connectivity index (χ4n) is 3.88. The maximum atomic E-state index is 12.3. The van der Waals surface area contributed by atoms with Crippen LogP contribution >= 0.6 is 27.4 Å². The molecule has 3 rings (SSSR count). The number of thioether (sulfide) groups is 1. The number of hydrogen-bond donors (Lipinski definition) is 6. The summed E-state index contributed by atoms with van der Waals surface area (Å²) in [5.74, 6) is 0.409. The van der Waals surface area contributed by atoms with Crippen molar-refractivity contribution in [3.8, 4) is 0 Å². The lowest BCUT2D eigenvalue weighted by Gasteiger charge is -2.42. The van der Waals surface area contributed by atoms with Crippen LogP contribution in [0.3, 0.4) is 0 Å². The predicted octanol–water partition coefficient (Wildman–Crippen LogP) is -4.65. The van der Waals surface area contributed by atoms with E-state index < -0.39 is 88.7 Å². The molecule has 2 fully saturated rings. The summed E-state index contributed by atoms with van der Waals surface area (Å²) < 4.78 is 58.8. The molecule has 3 heterocycles. The number of ether oxygens (including phenoxy) is 4. The second-order valence-electron chi connectivity index (χ2n) is 9.14. The minimum atomic E-state index is -5.90. The number of methoxy groups -OCH3 is 1. The zero-order chi connectivity index (χ0) is 31.9. The summed E-state index contributed by atoms with van der Waals surface area (Å²) >= 11 is 1.20. The van der Waals surface area contributed by atoms with Gasteiger partial charge in [0.05, 0.1) is 32.5 Å². The van der Waals surface area contributed by atoms with E-state index in [0.717, 1.165) is 12.3 Å². The van der Waals surface area contributed by atoms with Crippen LogP contribution in [0.25, 0.3) is 0 Å². The highest BCUT2D eigenvalue weighted by molar-refractivity contribution is 7.99. The second kappa shape index (κ2) is 16.0. The van der Waals surface area contributed by atoms with Crippen molar-refractivity contribution in [2.45, 2.75) is 55.2 Å². The molecule has 6 unspecified atom stereocenters. The lowest BCUT2D eigenvalue weighted by Crippen LogP contribution is -2.58. The van der Waals surface area contributed by atoms with E-state index in [4.69, 9.17) is 18.9 Å². The van der Waals surface area contributed by atoms with Crippen LogP contribution in [0.15, 0.2) is 21.9 Å². The van der Waals surface area contributed by atoms with Gasteiger partial charge in [-0.05, 0) is 0 Å². The Morgan fingerprint density at radius 1 is 0.953 bits per heavy atom. The zero-order valence-corrected chi connectivity index (χ0v) is 25.0. The topological polar surface area (TPSA) is 301 Å². The van der Waals surface area contributed by atoms with Gasteiger partial charge in [-0.25, -0.2) is 9.11 Å². The first-order valence-electron chi connectivity index (χ1n) is 12.5. The lowest BCUT2D eigenvalue weighted by molar-refractivity contribution is -0.298. The maximum absolute atomic E-state index is 12.3. The number of nitrogens with one attached hydrogen (secondary N) is 1. The fraction of sp³-hybridized carbons (Fsp3) is 0.800. The number of aromatic nitrogens is 2. The smallest absolute Gasteiger partial charge is 0.330 e. The zero-order valence-electron chi connectivity index (χ0n) is 22.4. The van der Waals surface area contributed by atoms with Crippen LogP contribution in [0, 0.1) is 0 Å². The van der Waals surface area contributed by atoms with Gasteiger partial charge in [-0.3, -0.25) is 28.0 Å². The molecule has 0 bridgehead atoms. The van der Waals surface area contributed by atoms with Gasteiger partial charge in [0.2, 0.25) is 0 Å². The molecule has 43 heavy (non-hydrogen) atoms. The first-order chi connectivity index (χ1) is 20.2. The molecule has 23 heteroatoms. The molecule has 0 amide bonds. The molecular weight excluding hydrogens is 650 g/mol. The van der Waals surface area contributed by atoms with Gasteiger partial charge in [-0.15, -0.1) is 0 Å². The van der Waals surface area contributed by atoms with E-state index in [1.54, 1.807) is 0 Å². The van der Waals surface area contributed by atoms with Gasteiger partial charge in [0.15, 0.2) is 12.5 Å². The molecule has 6 N–H and O–H groups in total. The summed E-state index contributed by atoms with van der Waals surface area (Å²) in [5, 5.41) is 50.8. The number of H-pyrrole nitrogens is 1. The molecule has 2 aliphatic heterocycles. The number of nitrogens with zero attached hydrogens (tertiary/aromatic N) is 1. The molecule has 2 saturated heterocycles. The van der Waals surface area contributed by atoms with Crippen LogP contribution in [-0.2, 0) is 41.4 Å². The van der Waals surface area contributed by atoms with Crippen LogP contribution < -0.4 is 21.0 Å². The standard InChI is InChI=1S/C20H34N2O18P2S/c1-34-4-5-35-6-7-43-9-11-14(25)15(26)17(28)19(38-11)39-42(32,33)40-41(30,31)36-8-10-13(24)16(27)18(37-10)22-3-2-12(23)21-20(22)29/h2-3,10-11,13-19,24-28H,4-9H2,1H3,(H,30,31)(H,32,33)(H,21,23,29)/p-2/t10-,11?,13+,14+,15+,16+,17?,18?,19?/m1/s1. The van der Waals surface area contributed by atoms with E-state index in [-0.39, 0.29) is 5.75 Å². The van der Waals surface area contributed by atoms with Crippen molar-refractivity contribution >= 4 is 27.4 Å². The molecule has 0 radical (unpaired) electrons. The van der Waals surface area contributed by atoms with E-state index in [0.29, 0.717) is 30.1 Å². The SMILES string of the molecule is COCCOCCSCC1OC(OP(=O)([O-])OP(=O)([O-])OC[C@H]2OC(n3ccc(=O)[nH]c3=O)[C@@H](O)[C@H]2O)C(O)[C@@H](O)[C@H]1O. The number of phosphoric acid groups is 2. The highest BCUT2D eigenvalue weighted by Gasteiger charge is 2.47. The van der Waals surface area contributed by atoms with Gasteiger partial charge in [0, 0.05) is 30.9 Å². The van der Waals surface area contributed by atoms with Crippen molar-refractivity contribution in [1.82, 2.24) is 9.55 Å². The van der Waals surface area contributed by atoms with Gasteiger partial charge in [0.25, 0.3) is 21.2 Å². The Kier molecular flexibility index (Phi) is 13.5.